The van der Waals surface area contributed by atoms with Crippen LogP contribution >= 0.6 is 22.7 Å². The van der Waals surface area contributed by atoms with Gasteiger partial charge in [-0.05, 0) is 19.9 Å². The Morgan fingerprint density at radius 2 is 1.95 bits per heavy atom. The van der Waals surface area contributed by atoms with Crippen molar-refractivity contribution in [1.82, 2.24) is 9.97 Å². The van der Waals surface area contributed by atoms with Crippen molar-refractivity contribution in [2.45, 2.75) is 19.8 Å². The molecule has 2 heterocycles. The quantitative estimate of drug-likeness (QED) is 0.781. The van der Waals surface area contributed by atoms with Crippen LogP contribution in [0.25, 0.3) is 11.3 Å². The Morgan fingerprint density at radius 1 is 1.14 bits per heavy atom. The molecule has 3 nitrogen and oxygen atoms in total. The van der Waals surface area contributed by atoms with E-state index in [1.165, 1.54) is 4.88 Å². The second kappa shape index (κ2) is 6.47. The number of nitrogens with two attached hydrogens (primary N) is 1. The van der Waals surface area contributed by atoms with Crippen LogP contribution < -0.4 is 5.73 Å². The van der Waals surface area contributed by atoms with Crippen molar-refractivity contribution in [1.29, 1.82) is 0 Å². The number of aromatic nitrogens is 2. The van der Waals surface area contributed by atoms with E-state index in [1.54, 1.807) is 22.7 Å². The van der Waals surface area contributed by atoms with Gasteiger partial charge in [0.2, 0.25) is 0 Å². The van der Waals surface area contributed by atoms with E-state index in [1.807, 2.05) is 25.1 Å². The summed E-state index contributed by atoms with van der Waals surface area (Å²) in [5, 5.41) is 4.33. The molecule has 3 rings (SSSR count). The number of thiazole rings is 2. The summed E-state index contributed by atoms with van der Waals surface area (Å²) in [6.45, 7) is 2.68. The molecule has 0 unspecified atom stereocenters. The van der Waals surface area contributed by atoms with E-state index in [-0.39, 0.29) is 0 Å². The van der Waals surface area contributed by atoms with E-state index < -0.39 is 0 Å². The smallest absolute Gasteiger partial charge is 0.0995 e. The van der Waals surface area contributed by atoms with Gasteiger partial charge in [0.25, 0.3) is 0 Å². The molecule has 0 saturated carbocycles. The van der Waals surface area contributed by atoms with E-state index in [0.717, 1.165) is 39.8 Å². The number of benzene rings is 1. The fraction of sp³-hybridized carbons (Fsp3) is 0.250. The van der Waals surface area contributed by atoms with Crippen molar-refractivity contribution in [2.24, 2.45) is 5.73 Å². The molecule has 0 atom stereocenters. The molecule has 0 spiro atoms. The van der Waals surface area contributed by atoms with E-state index in [0.29, 0.717) is 6.54 Å². The zero-order valence-electron chi connectivity index (χ0n) is 11.9. The average Bonchev–Trinajstić information content (AvgIpc) is 3.07. The van der Waals surface area contributed by atoms with Crippen molar-refractivity contribution >= 4 is 22.7 Å². The van der Waals surface area contributed by atoms with Gasteiger partial charge in [0.05, 0.1) is 21.4 Å². The summed E-state index contributed by atoms with van der Waals surface area (Å²) in [4.78, 5) is 10.6. The average molecular weight is 315 g/mol. The van der Waals surface area contributed by atoms with Crippen LogP contribution in [0.2, 0.25) is 0 Å². The van der Waals surface area contributed by atoms with Crippen LogP contribution in [-0.2, 0) is 12.8 Å². The molecule has 0 aliphatic carbocycles. The van der Waals surface area contributed by atoms with E-state index >= 15 is 0 Å². The van der Waals surface area contributed by atoms with Gasteiger partial charge in [0.1, 0.15) is 0 Å². The topological polar surface area (TPSA) is 51.8 Å². The third-order valence-corrected chi connectivity index (χ3v) is 5.10. The Bertz CT molecular complexity index is 716. The molecule has 0 aliphatic rings. The molecule has 2 aromatic heterocycles. The molecule has 3 aromatic rings. The second-order valence-corrected chi connectivity index (χ2v) is 7.05. The summed E-state index contributed by atoms with van der Waals surface area (Å²) >= 11 is 3.44. The number of aryl methyl sites for hydroxylation is 1. The monoisotopic (exact) mass is 315 g/mol. The molecule has 0 fully saturated rings. The molecule has 1 aromatic carbocycles. The maximum absolute atomic E-state index is 5.74. The van der Waals surface area contributed by atoms with Crippen molar-refractivity contribution in [2.75, 3.05) is 6.54 Å². The van der Waals surface area contributed by atoms with E-state index in [4.69, 9.17) is 10.7 Å². The summed E-state index contributed by atoms with van der Waals surface area (Å²) in [5.74, 6) is 0. The zero-order chi connectivity index (χ0) is 14.7. The first-order valence-corrected chi connectivity index (χ1v) is 8.61. The van der Waals surface area contributed by atoms with Crippen LogP contribution in [0.1, 0.15) is 20.6 Å². The van der Waals surface area contributed by atoms with Gasteiger partial charge in [-0.1, -0.05) is 30.3 Å². The maximum Gasteiger partial charge on any atom is 0.0995 e. The Hall–Kier alpha value is -1.56. The van der Waals surface area contributed by atoms with Gasteiger partial charge in [-0.15, -0.1) is 22.7 Å². The van der Waals surface area contributed by atoms with Gasteiger partial charge in [-0.3, -0.25) is 0 Å². The van der Waals surface area contributed by atoms with Gasteiger partial charge in [0.15, 0.2) is 0 Å². The summed E-state index contributed by atoms with van der Waals surface area (Å²) < 4.78 is 0. The molecule has 0 amide bonds. The lowest BCUT2D eigenvalue weighted by molar-refractivity contribution is 0.984. The number of rotatable bonds is 5. The first-order valence-electron chi connectivity index (χ1n) is 6.91. The van der Waals surface area contributed by atoms with Crippen LogP contribution in [0, 0.1) is 6.92 Å². The van der Waals surface area contributed by atoms with Gasteiger partial charge in [0, 0.05) is 22.2 Å². The van der Waals surface area contributed by atoms with Crippen LogP contribution in [-0.4, -0.2) is 16.5 Å². The minimum Gasteiger partial charge on any atom is -0.330 e. The van der Waals surface area contributed by atoms with Gasteiger partial charge < -0.3 is 5.73 Å². The molecule has 2 N–H and O–H groups in total. The van der Waals surface area contributed by atoms with Crippen LogP contribution in [0.3, 0.4) is 0 Å². The van der Waals surface area contributed by atoms with Gasteiger partial charge in [-0.2, -0.15) is 0 Å². The number of hydrogen-bond donors (Lipinski definition) is 1. The standard InChI is InChI=1S/C16H17N3S2/c1-11-18-13(10-20-11)9-15-19-16(14(21-15)7-8-17)12-5-3-2-4-6-12/h2-6,10H,7-9,17H2,1H3. The van der Waals surface area contributed by atoms with E-state index in [9.17, 15) is 0 Å². The largest absolute Gasteiger partial charge is 0.330 e. The number of nitrogens with zero attached hydrogens (tertiary/aromatic N) is 2. The lowest BCUT2D eigenvalue weighted by Crippen LogP contribution is -2.02. The van der Waals surface area contributed by atoms with Crippen LogP contribution in [0.15, 0.2) is 35.7 Å². The summed E-state index contributed by atoms with van der Waals surface area (Å²) in [6, 6.07) is 10.3. The van der Waals surface area contributed by atoms with Crippen molar-refractivity contribution in [3.8, 4) is 11.3 Å². The normalized spacial score (nSPS) is 11.0. The minimum absolute atomic E-state index is 0.650. The summed E-state index contributed by atoms with van der Waals surface area (Å²) in [7, 11) is 0. The van der Waals surface area contributed by atoms with E-state index in [2.05, 4.69) is 22.5 Å². The highest BCUT2D eigenvalue weighted by atomic mass is 32.1. The van der Waals surface area contributed by atoms with Gasteiger partial charge >= 0.3 is 0 Å². The predicted molar refractivity (Wildman–Crippen MR) is 90.0 cm³/mol. The molecule has 0 aliphatic heterocycles. The molecule has 0 bridgehead atoms. The SMILES string of the molecule is Cc1nc(Cc2nc(-c3ccccc3)c(CCN)s2)cs1. The lowest BCUT2D eigenvalue weighted by atomic mass is 10.1. The highest BCUT2D eigenvalue weighted by Gasteiger charge is 2.13. The Morgan fingerprint density at radius 3 is 2.62 bits per heavy atom. The first-order chi connectivity index (χ1) is 10.3. The zero-order valence-corrected chi connectivity index (χ0v) is 13.5. The highest BCUT2D eigenvalue weighted by molar-refractivity contribution is 7.12. The third-order valence-electron chi connectivity index (χ3n) is 3.16. The molecular formula is C16H17N3S2. The molecular weight excluding hydrogens is 298 g/mol. The molecule has 108 valence electrons. The molecule has 21 heavy (non-hydrogen) atoms. The predicted octanol–water partition coefficient (Wildman–Crippen LogP) is 3.67. The Kier molecular flexibility index (Phi) is 4.43. The van der Waals surface area contributed by atoms with Crippen molar-refractivity contribution in [3.63, 3.8) is 0 Å². The highest BCUT2D eigenvalue weighted by Crippen LogP contribution is 2.29. The molecule has 0 radical (unpaired) electrons. The number of hydrogen-bond acceptors (Lipinski definition) is 5. The maximum atomic E-state index is 5.74. The Labute approximate surface area is 132 Å². The third kappa shape index (κ3) is 3.37. The fourth-order valence-electron chi connectivity index (χ4n) is 2.24. The molecule has 0 saturated heterocycles. The first kappa shape index (κ1) is 14.4. The molecule has 5 heteroatoms. The lowest BCUT2D eigenvalue weighted by Gasteiger charge is -2.00. The van der Waals surface area contributed by atoms with Gasteiger partial charge in [-0.25, -0.2) is 9.97 Å². The van der Waals surface area contributed by atoms with Crippen LogP contribution in [0.4, 0.5) is 0 Å². The fourth-order valence-corrected chi connectivity index (χ4v) is 3.98. The Balaban J connectivity index is 1.92. The van der Waals surface area contributed by atoms with Crippen molar-refractivity contribution < 1.29 is 0 Å². The summed E-state index contributed by atoms with van der Waals surface area (Å²) in [6.07, 6.45) is 1.68. The van der Waals surface area contributed by atoms with Crippen LogP contribution in [0.5, 0.6) is 0 Å². The second-order valence-electron chi connectivity index (χ2n) is 4.82. The minimum atomic E-state index is 0.650. The van der Waals surface area contributed by atoms with Crippen molar-refractivity contribution in [3.05, 3.63) is 56.3 Å². The summed E-state index contributed by atoms with van der Waals surface area (Å²) in [5.41, 5.74) is 9.08.